The van der Waals surface area contributed by atoms with Gasteiger partial charge in [0.05, 0.1) is 12.2 Å². The highest BCUT2D eigenvalue weighted by Gasteiger charge is 2.21. The Hall–Kier alpha value is -0.0800. The van der Waals surface area contributed by atoms with Crippen LogP contribution in [0.15, 0.2) is 0 Å². The minimum absolute atomic E-state index is 0.507. The predicted molar refractivity (Wildman–Crippen MR) is 35.3 cm³/mol. The topological polar surface area (TPSA) is 29.5 Å². The SMILES string of the molecule is C[C@]1(O)CCCCOC1. The fraction of sp³-hybridized carbons (Fsp3) is 1.00. The van der Waals surface area contributed by atoms with Crippen LogP contribution in [0.1, 0.15) is 26.2 Å². The van der Waals surface area contributed by atoms with E-state index < -0.39 is 5.60 Å². The lowest BCUT2D eigenvalue weighted by Crippen LogP contribution is -2.28. The second-order valence-corrected chi connectivity index (χ2v) is 3.01. The second kappa shape index (κ2) is 2.67. The first kappa shape index (κ1) is 7.03. The highest BCUT2D eigenvalue weighted by atomic mass is 16.5. The van der Waals surface area contributed by atoms with Gasteiger partial charge >= 0.3 is 0 Å². The molecule has 0 amide bonds. The summed E-state index contributed by atoms with van der Waals surface area (Å²) in [5.41, 5.74) is -0.559. The van der Waals surface area contributed by atoms with Gasteiger partial charge < -0.3 is 9.84 Å². The maximum atomic E-state index is 9.43. The zero-order valence-corrected chi connectivity index (χ0v) is 5.89. The van der Waals surface area contributed by atoms with E-state index in [2.05, 4.69) is 0 Å². The van der Waals surface area contributed by atoms with Crippen LogP contribution < -0.4 is 0 Å². The molecule has 0 bridgehead atoms. The van der Waals surface area contributed by atoms with E-state index in [9.17, 15) is 5.11 Å². The summed E-state index contributed by atoms with van der Waals surface area (Å²) in [5, 5.41) is 9.43. The summed E-state index contributed by atoms with van der Waals surface area (Å²) in [5.74, 6) is 0. The molecule has 0 aliphatic carbocycles. The Kier molecular flexibility index (Phi) is 2.09. The van der Waals surface area contributed by atoms with Crippen LogP contribution in [-0.4, -0.2) is 23.9 Å². The van der Waals surface area contributed by atoms with Gasteiger partial charge in [0, 0.05) is 6.61 Å². The minimum atomic E-state index is -0.559. The molecule has 1 fully saturated rings. The Morgan fingerprint density at radius 3 is 3.00 bits per heavy atom. The van der Waals surface area contributed by atoms with Gasteiger partial charge in [-0.1, -0.05) is 0 Å². The van der Waals surface area contributed by atoms with E-state index in [-0.39, 0.29) is 0 Å². The molecule has 1 aliphatic heterocycles. The zero-order chi connectivity index (χ0) is 6.74. The van der Waals surface area contributed by atoms with Crippen molar-refractivity contribution in [2.75, 3.05) is 13.2 Å². The smallest absolute Gasteiger partial charge is 0.0852 e. The Morgan fingerprint density at radius 1 is 1.44 bits per heavy atom. The van der Waals surface area contributed by atoms with E-state index in [1.807, 2.05) is 6.92 Å². The molecule has 0 spiro atoms. The number of rotatable bonds is 0. The van der Waals surface area contributed by atoms with Gasteiger partial charge in [-0.3, -0.25) is 0 Å². The van der Waals surface area contributed by atoms with Crippen LogP contribution in [0.25, 0.3) is 0 Å². The fourth-order valence-corrected chi connectivity index (χ4v) is 1.07. The monoisotopic (exact) mass is 130 g/mol. The highest BCUT2D eigenvalue weighted by molar-refractivity contribution is 4.73. The summed E-state index contributed by atoms with van der Waals surface area (Å²) in [6.45, 7) is 3.15. The Balaban J connectivity index is 2.36. The van der Waals surface area contributed by atoms with Crippen molar-refractivity contribution in [1.29, 1.82) is 0 Å². The Morgan fingerprint density at radius 2 is 2.22 bits per heavy atom. The maximum Gasteiger partial charge on any atom is 0.0852 e. The molecular weight excluding hydrogens is 116 g/mol. The quantitative estimate of drug-likeness (QED) is 0.528. The number of hydrogen-bond acceptors (Lipinski definition) is 2. The van der Waals surface area contributed by atoms with E-state index in [0.717, 1.165) is 25.9 Å². The molecule has 0 saturated carbocycles. The molecule has 2 nitrogen and oxygen atoms in total. The third-order valence-corrected chi connectivity index (χ3v) is 1.67. The molecule has 1 N–H and O–H groups in total. The minimum Gasteiger partial charge on any atom is -0.388 e. The molecule has 1 atom stereocenters. The van der Waals surface area contributed by atoms with Gasteiger partial charge in [-0.25, -0.2) is 0 Å². The van der Waals surface area contributed by atoms with Crippen LogP contribution in [0, 0.1) is 0 Å². The van der Waals surface area contributed by atoms with Gasteiger partial charge in [-0.15, -0.1) is 0 Å². The number of hydrogen-bond donors (Lipinski definition) is 1. The van der Waals surface area contributed by atoms with Crippen molar-refractivity contribution in [2.45, 2.75) is 31.8 Å². The van der Waals surface area contributed by atoms with Gasteiger partial charge in [0.15, 0.2) is 0 Å². The molecule has 0 aromatic carbocycles. The summed E-state index contributed by atoms with van der Waals surface area (Å²) >= 11 is 0. The summed E-state index contributed by atoms with van der Waals surface area (Å²) < 4.78 is 5.16. The maximum absolute atomic E-state index is 9.43. The average molecular weight is 130 g/mol. The zero-order valence-electron chi connectivity index (χ0n) is 5.89. The van der Waals surface area contributed by atoms with E-state index >= 15 is 0 Å². The van der Waals surface area contributed by atoms with Crippen LogP contribution in [0.4, 0.5) is 0 Å². The molecule has 1 rings (SSSR count). The summed E-state index contributed by atoms with van der Waals surface area (Å²) in [6, 6.07) is 0. The lowest BCUT2D eigenvalue weighted by Gasteiger charge is -2.18. The first-order valence-corrected chi connectivity index (χ1v) is 3.51. The van der Waals surface area contributed by atoms with Gasteiger partial charge in [0.25, 0.3) is 0 Å². The van der Waals surface area contributed by atoms with Gasteiger partial charge in [-0.05, 0) is 26.2 Å². The molecule has 0 radical (unpaired) electrons. The first-order valence-electron chi connectivity index (χ1n) is 3.51. The molecule has 0 aromatic rings. The van der Waals surface area contributed by atoms with Crippen LogP contribution in [0.5, 0.6) is 0 Å². The molecule has 9 heavy (non-hydrogen) atoms. The van der Waals surface area contributed by atoms with E-state index in [0.29, 0.717) is 6.61 Å². The average Bonchev–Trinajstić information content (AvgIpc) is 1.92. The summed E-state index contributed by atoms with van der Waals surface area (Å²) in [4.78, 5) is 0. The Labute approximate surface area is 55.8 Å². The highest BCUT2D eigenvalue weighted by Crippen LogP contribution is 2.17. The standard InChI is InChI=1S/C7H14O2/c1-7(8)4-2-3-5-9-6-7/h8H,2-6H2,1H3/t7-/m0/s1. The van der Waals surface area contributed by atoms with Crippen molar-refractivity contribution in [1.82, 2.24) is 0 Å². The molecule has 1 heterocycles. The lowest BCUT2D eigenvalue weighted by molar-refractivity contribution is -0.0229. The number of ether oxygens (including phenoxy) is 1. The van der Waals surface area contributed by atoms with Gasteiger partial charge in [-0.2, -0.15) is 0 Å². The summed E-state index contributed by atoms with van der Waals surface area (Å²) in [7, 11) is 0. The van der Waals surface area contributed by atoms with Crippen LogP contribution >= 0.6 is 0 Å². The normalized spacial score (nSPS) is 38.0. The van der Waals surface area contributed by atoms with Crippen molar-refractivity contribution in [3.05, 3.63) is 0 Å². The van der Waals surface area contributed by atoms with Crippen molar-refractivity contribution in [3.63, 3.8) is 0 Å². The molecule has 2 heteroatoms. The molecular formula is C7H14O2. The predicted octanol–water partition coefficient (Wildman–Crippen LogP) is 0.938. The fourth-order valence-electron chi connectivity index (χ4n) is 1.07. The first-order chi connectivity index (χ1) is 4.21. The van der Waals surface area contributed by atoms with Crippen LogP contribution in [-0.2, 0) is 4.74 Å². The summed E-state index contributed by atoms with van der Waals surface area (Å²) in [6.07, 6.45) is 3.07. The van der Waals surface area contributed by atoms with Crippen LogP contribution in [0.3, 0.4) is 0 Å². The van der Waals surface area contributed by atoms with Crippen molar-refractivity contribution < 1.29 is 9.84 Å². The molecule has 1 saturated heterocycles. The second-order valence-electron chi connectivity index (χ2n) is 3.01. The van der Waals surface area contributed by atoms with E-state index in [1.54, 1.807) is 0 Å². The molecule has 0 unspecified atom stereocenters. The van der Waals surface area contributed by atoms with E-state index in [4.69, 9.17) is 4.74 Å². The molecule has 1 aliphatic rings. The molecule has 0 aromatic heterocycles. The van der Waals surface area contributed by atoms with Crippen molar-refractivity contribution in [2.24, 2.45) is 0 Å². The number of aliphatic hydroxyl groups is 1. The van der Waals surface area contributed by atoms with Crippen molar-refractivity contribution >= 4 is 0 Å². The van der Waals surface area contributed by atoms with E-state index in [1.165, 1.54) is 0 Å². The van der Waals surface area contributed by atoms with Gasteiger partial charge in [0.2, 0.25) is 0 Å². The largest absolute Gasteiger partial charge is 0.388 e. The Bertz CT molecular complexity index is 78.9. The lowest BCUT2D eigenvalue weighted by atomic mass is 10.0. The van der Waals surface area contributed by atoms with Crippen LogP contribution in [0.2, 0.25) is 0 Å². The third-order valence-electron chi connectivity index (χ3n) is 1.67. The van der Waals surface area contributed by atoms with Gasteiger partial charge in [0.1, 0.15) is 0 Å². The molecule has 54 valence electrons. The van der Waals surface area contributed by atoms with Crippen molar-refractivity contribution in [3.8, 4) is 0 Å². The third kappa shape index (κ3) is 2.33.